The molecule has 1 aliphatic rings. The topological polar surface area (TPSA) is 96.1 Å². The standard InChI is InChI=1S/C15H21N5O/c16-20-15-18-13-4-2-1-3-12(13)14(19-15)17-9-10-5-7-11(21)8-6-10/h1-4,10-11,21H,5-9,16H2,(H2,17,18,19,20). The van der Waals surface area contributed by atoms with Crippen LogP contribution in [0.1, 0.15) is 25.7 Å². The smallest absolute Gasteiger partial charge is 0.239 e. The summed E-state index contributed by atoms with van der Waals surface area (Å²) >= 11 is 0. The van der Waals surface area contributed by atoms with Gasteiger partial charge in [-0.3, -0.25) is 5.43 Å². The fourth-order valence-corrected chi connectivity index (χ4v) is 2.87. The van der Waals surface area contributed by atoms with Crippen molar-refractivity contribution in [2.45, 2.75) is 31.8 Å². The third-order valence-corrected chi connectivity index (χ3v) is 4.11. The zero-order valence-corrected chi connectivity index (χ0v) is 11.9. The molecule has 1 saturated carbocycles. The van der Waals surface area contributed by atoms with Crippen LogP contribution in [-0.4, -0.2) is 27.7 Å². The summed E-state index contributed by atoms with van der Waals surface area (Å²) in [6, 6.07) is 7.87. The number of aliphatic hydroxyl groups excluding tert-OH is 1. The van der Waals surface area contributed by atoms with Crippen molar-refractivity contribution in [2.24, 2.45) is 11.8 Å². The second kappa shape index (κ2) is 6.24. The quantitative estimate of drug-likeness (QED) is 0.506. The van der Waals surface area contributed by atoms with Gasteiger partial charge in [-0.05, 0) is 43.7 Å². The molecule has 0 spiro atoms. The Bertz CT molecular complexity index is 610. The third-order valence-electron chi connectivity index (χ3n) is 4.11. The van der Waals surface area contributed by atoms with Gasteiger partial charge in [0.15, 0.2) is 0 Å². The summed E-state index contributed by atoms with van der Waals surface area (Å²) in [5, 5.41) is 14.0. The molecule has 0 saturated heterocycles. The van der Waals surface area contributed by atoms with Gasteiger partial charge in [0.2, 0.25) is 5.95 Å². The van der Waals surface area contributed by atoms with E-state index >= 15 is 0 Å². The van der Waals surface area contributed by atoms with Crippen LogP contribution in [0.3, 0.4) is 0 Å². The van der Waals surface area contributed by atoms with Crippen LogP contribution < -0.4 is 16.6 Å². The van der Waals surface area contributed by atoms with Crippen molar-refractivity contribution in [2.75, 3.05) is 17.3 Å². The molecular weight excluding hydrogens is 266 g/mol. The number of hydrogen-bond donors (Lipinski definition) is 4. The molecule has 1 heterocycles. The molecule has 112 valence electrons. The lowest BCUT2D eigenvalue weighted by Gasteiger charge is -2.25. The Hall–Kier alpha value is -1.92. The molecule has 1 aromatic carbocycles. The van der Waals surface area contributed by atoms with Crippen LogP contribution in [0.5, 0.6) is 0 Å². The van der Waals surface area contributed by atoms with Crippen molar-refractivity contribution < 1.29 is 5.11 Å². The third kappa shape index (κ3) is 3.22. The van der Waals surface area contributed by atoms with Crippen LogP contribution in [0.4, 0.5) is 11.8 Å². The first-order valence-corrected chi connectivity index (χ1v) is 7.41. The van der Waals surface area contributed by atoms with Gasteiger partial charge in [-0.25, -0.2) is 10.8 Å². The molecule has 1 aromatic heterocycles. The van der Waals surface area contributed by atoms with Crippen molar-refractivity contribution in [3.05, 3.63) is 24.3 Å². The van der Waals surface area contributed by atoms with Crippen molar-refractivity contribution >= 4 is 22.7 Å². The van der Waals surface area contributed by atoms with E-state index in [1.54, 1.807) is 0 Å². The highest BCUT2D eigenvalue weighted by molar-refractivity contribution is 5.89. The molecule has 5 N–H and O–H groups in total. The van der Waals surface area contributed by atoms with E-state index in [1.807, 2.05) is 24.3 Å². The monoisotopic (exact) mass is 287 g/mol. The summed E-state index contributed by atoms with van der Waals surface area (Å²) in [5.41, 5.74) is 3.37. The van der Waals surface area contributed by atoms with Crippen molar-refractivity contribution in [1.29, 1.82) is 0 Å². The van der Waals surface area contributed by atoms with Crippen molar-refractivity contribution in [3.8, 4) is 0 Å². The van der Waals surface area contributed by atoms with Crippen LogP contribution in [0.25, 0.3) is 10.9 Å². The zero-order chi connectivity index (χ0) is 14.7. The number of aliphatic hydroxyl groups is 1. The minimum absolute atomic E-state index is 0.117. The number of anilines is 2. The Labute approximate surface area is 123 Å². The Morgan fingerprint density at radius 3 is 2.67 bits per heavy atom. The molecule has 6 heteroatoms. The number of nitrogens with two attached hydrogens (primary N) is 1. The number of nitrogen functional groups attached to an aromatic ring is 1. The molecule has 1 fully saturated rings. The maximum absolute atomic E-state index is 9.56. The van der Waals surface area contributed by atoms with Gasteiger partial charge in [-0.15, -0.1) is 0 Å². The maximum atomic E-state index is 9.56. The minimum atomic E-state index is -0.117. The number of hydrazine groups is 1. The number of hydrogen-bond acceptors (Lipinski definition) is 6. The molecule has 21 heavy (non-hydrogen) atoms. The Kier molecular flexibility index (Phi) is 4.17. The van der Waals surface area contributed by atoms with Crippen molar-refractivity contribution in [3.63, 3.8) is 0 Å². The number of nitrogens with zero attached hydrogens (tertiary/aromatic N) is 2. The SMILES string of the molecule is NNc1nc(NCC2CCC(O)CC2)c2ccccc2n1. The van der Waals surface area contributed by atoms with Gasteiger partial charge in [-0.1, -0.05) is 12.1 Å². The Morgan fingerprint density at radius 1 is 1.14 bits per heavy atom. The second-order valence-corrected chi connectivity index (χ2v) is 5.61. The van der Waals surface area contributed by atoms with Crippen LogP contribution in [0.2, 0.25) is 0 Å². The summed E-state index contributed by atoms with van der Waals surface area (Å²) in [4.78, 5) is 8.75. The number of para-hydroxylation sites is 1. The number of fused-ring (bicyclic) bond motifs is 1. The fourth-order valence-electron chi connectivity index (χ4n) is 2.87. The summed E-state index contributed by atoms with van der Waals surface area (Å²) in [7, 11) is 0. The highest BCUT2D eigenvalue weighted by Gasteiger charge is 2.19. The first-order chi connectivity index (χ1) is 10.3. The molecule has 2 aromatic rings. The first-order valence-electron chi connectivity index (χ1n) is 7.41. The molecule has 0 unspecified atom stereocenters. The summed E-state index contributed by atoms with van der Waals surface area (Å²) in [6.07, 6.45) is 3.78. The van der Waals surface area contributed by atoms with E-state index < -0.39 is 0 Å². The van der Waals surface area contributed by atoms with Crippen LogP contribution >= 0.6 is 0 Å². The molecule has 0 atom stereocenters. The number of nitrogens with one attached hydrogen (secondary N) is 2. The van der Waals surface area contributed by atoms with E-state index in [4.69, 9.17) is 5.84 Å². The highest BCUT2D eigenvalue weighted by Crippen LogP contribution is 2.26. The number of benzene rings is 1. The van der Waals surface area contributed by atoms with Gasteiger partial charge in [0, 0.05) is 11.9 Å². The van der Waals surface area contributed by atoms with E-state index in [0.29, 0.717) is 11.9 Å². The van der Waals surface area contributed by atoms with Gasteiger partial charge in [-0.2, -0.15) is 4.98 Å². The summed E-state index contributed by atoms with van der Waals surface area (Å²) in [5.74, 6) is 7.23. The maximum Gasteiger partial charge on any atom is 0.239 e. The van der Waals surface area contributed by atoms with Gasteiger partial charge in [0.1, 0.15) is 5.82 Å². The second-order valence-electron chi connectivity index (χ2n) is 5.61. The Balaban J connectivity index is 1.76. The molecule has 0 amide bonds. The zero-order valence-electron chi connectivity index (χ0n) is 11.9. The molecule has 0 bridgehead atoms. The minimum Gasteiger partial charge on any atom is -0.393 e. The molecule has 0 radical (unpaired) electrons. The van der Waals surface area contributed by atoms with E-state index in [9.17, 15) is 5.11 Å². The number of rotatable bonds is 4. The Morgan fingerprint density at radius 2 is 1.90 bits per heavy atom. The molecular formula is C15H21N5O. The van der Waals surface area contributed by atoms with Gasteiger partial charge in [0.05, 0.1) is 11.6 Å². The predicted octanol–water partition coefficient (Wildman–Crippen LogP) is 1.88. The van der Waals surface area contributed by atoms with Gasteiger partial charge >= 0.3 is 0 Å². The van der Waals surface area contributed by atoms with Crippen LogP contribution in [-0.2, 0) is 0 Å². The average molecular weight is 287 g/mol. The van der Waals surface area contributed by atoms with Crippen LogP contribution in [0, 0.1) is 5.92 Å². The van der Waals surface area contributed by atoms with E-state index in [-0.39, 0.29) is 6.10 Å². The molecule has 6 nitrogen and oxygen atoms in total. The first kappa shape index (κ1) is 14.0. The lowest BCUT2D eigenvalue weighted by atomic mass is 9.87. The van der Waals surface area contributed by atoms with Crippen molar-refractivity contribution in [1.82, 2.24) is 9.97 Å². The normalized spacial score (nSPS) is 22.2. The molecule has 1 aliphatic carbocycles. The summed E-state index contributed by atoms with van der Waals surface area (Å²) < 4.78 is 0. The fraction of sp³-hybridized carbons (Fsp3) is 0.467. The van der Waals surface area contributed by atoms with Gasteiger partial charge in [0.25, 0.3) is 0 Å². The van der Waals surface area contributed by atoms with E-state index in [0.717, 1.165) is 48.9 Å². The lowest BCUT2D eigenvalue weighted by Crippen LogP contribution is -2.24. The molecule has 3 rings (SSSR count). The highest BCUT2D eigenvalue weighted by atomic mass is 16.3. The lowest BCUT2D eigenvalue weighted by molar-refractivity contribution is 0.111. The summed E-state index contributed by atoms with van der Waals surface area (Å²) in [6.45, 7) is 0.859. The number of aromatic nitrogens is 2. The average Bonchev–Trinajstić information content (AvgIpc) is 2.53. The largest absolute Gasteiger partial charge is 0.393 e. The van der Waals surface area contributed by atoms with E-state index in [1.165, 1.54) is 0 Å². The van der Waals surface area contributed by atoms with Gasteiger partial charge < -0.3 is 10.4 Å². The predicted molar refractivity (Wildman–Crippen MR) is 83.8 cm³/mol. The molecule has 0 aliphatic heterocycles. The van der Waals surface area contributed by atoms with Crippen LogP contribution in [0.15, 0.2) is 24.3 Å². The van der Waals surface area contributed by atoms with E-state index in [2.05, 4.69) is 20.7 Å².